The molecule has 1 aromatic rings. The Morgan fingerprint density at radius 3 is 2.64 bits per heavy atom. The molecule has 1 aliphatic heterocycles. The lowest BCUT2D eigenvalue weighted by molar-refractivity contribution is -0.137. The lowest BCUT2D eigenvalue weighted by Gasteiger charge is -2.34. The first kappa shape index (κ1) is 16.7. The third-order valence-corrected chi connectivity index (χ3v) is 3.86. The third-order valence-electron chi connectivity index (χ3n) is 3.62. The van der Waals surface area contributed by atoms with E-state index in [9.17, 15) is 14.0 Å². The number of aliphatic carboxylic acids is 1. The average molecular weight is 330 g/mol. The number of ether oxygens (including phenoxy) is 1. The van der Waals surface area contributed by atoms with Crippen LogP contribution in [0.4, 0.5) is 4.39 Å². The van der Waals surface area contributed by atoms with Gasteiger partial charge in [-0.15, -0.1) is 0 Å². The fraction of sp³-hybridized carbons (Fsp3) is 0.467. The fourth-order valence-corrected chi connectivity index (χ4v) is 2.64. The van der Waals surface area contributed by atoms with Crippen LogP contribution in [0, 0.1) is 5.82 Å². The van der Waals surface area contributed by atoms with Crippen LogP contribution in [0.25, 0.3) is 0 Å². The second kappa shape index (κ2) is 7.56. The van der Waals surface area contributed by atoms with Crippen LogP contribution in [0.1, 0.15) is 29.6 Å². The SMILES string of the molecule is O=C(O)CCN(C(=O)c1ccc(Cl)cc1F)C1CCOCC1. The number of carbonyl (C=O) groups excluding carboxylic acids is 1. The number of carboxylic acid groups (broad SMARTS) is 1. The first-order valence-electron chi connectivity index (χ1n) is 7.04. The summed E-state index contributed by atoms with van der Waals surface area (Å²) in [6, 6.07) is 3.70. The van der Waals surface area contributed by atoms with Crippen LogP contribution >= 0.6 is 11.6 Å². The molecule has 1 aromatic carbocycles. The zero-order valence-corrected chi connectivity index (χ0v) is 12.7. The van der Waals surface area contributed by atoms with Gasteiger partial charge in [-0.3, -0.25) is 9.59 Å². The van der Waals surface area contributed by atoms with Crippen molar-refractivity contribution in [3.8, 4) is 0 Å². The van der Waals surface area contributed by atoms with Crippen molar-refractivity contribution < 1.29 is 23.8 Å². The molecule has 0 saturated carbocycles. The zero-order valence-electron chi connectivity index (χ0n) is 11.9. The molecule has 0 unspecified atom stereocenters. The number of rotatable bonds is 5. The Kier molecular flexibility index (Phi) is 5.74. The number of nitrogens with zero attached hydrogens (tertiary/aromatic N) is 1. The second-order valence-corrected chi connectivity index (χ2v) is 5.55. The van der Waals surface area contributed by atoms with Gasteiger partial charge in [0.25, 0.3) is 5.91 Å². The molecule has 0 atom stereocenters. The summed E-state index contributed by atoms with van der Waals surface area (Å²) in [5, 5.41) is 9.06. The van der Waals surface area contributed by atoms with Gasteiger partial charge >= 0.3 is 5.97 Å². The minimum atomic E-state index is -0.999. The van der Waals surface area contributed by atoms with E-state index in [0.29, 0.717) is 26.1 Å². The Bertz CT molecular complexity index is 560. The Morgan fingerprint density at radius 2 is 2.05 bits per heavy atom. The summed E-state index contributed by atoms with van der Waals surface area (Å²) in [7, 11) is 0. The van der Waals surface area contributed by atoms with E-state index in [4.69, 9.17) is 21.4 Å². The monoisotopic (exact) mass is 329 g/mol. The number of carboxylic acids is 1. The van der Waals surface area contributed by atoms with Crippen molar-refractivity contribution in [2.45, 2.75) is 25.3 Å². The van der Waals surface area contributed by atoms with Crippen LogP contribution in [0.15, 0.2) is 18.2 Å². The van der Waals surface area contributed by atoms with Crippen molar-refractivity contribution in [2.24, 2.45) is 0 Å². The number of benzene rings is 1. The topological polar surface area (TPSA) is 66.8 Å². The van der Waals surface area contributed by atoms with Crippen molar-refractivity contribution in [3.63, 3.8) is 0 Å². The molecule has 1 aliphatic rings. The molecule has 0 radical (unpaired) electrons. The minimum absolute atomic E-state index is 0.0426. The normalized spacial score (nSPS) is 15.5. The molecule has 0 spiro atoms. The average Bonchev–Trinajstić information content (AvgIpc) is 2.48. The number of carbonyl (C=O) groups is 2. The van der Waals surface area contributed by atoms with E-state index in [1.165, 1.54) is 17.0 Å². The van der Waals surface area contributed by atoms with Crippen LogP contribution in [-0.4, -0.2) is 47.7 Å². The van der Waals surface area contributed by atoms with Crippen molar-refractivity contribution in [2.75, 3.05) is 19.8 Å². The molecule has 0 aromatic heterocycles. The van der Waals surface area contributed by atoms with Crippen LogP contribution < -0.4 is 0 Å². The minimum Gasteiger partial charge on any atom is -0.481 e. The molecular formula is C15H17ClFNO4. The Morgan fingerprint density at radius 1 is 1.36 bits per heavy atom. The molecule has 1 heterocycles. The van der Waals surface area contributed by atoms with E-state index in [2.05, 4.69) is 0 Å². The predicted molar refractivity (Wildman–Crippen MR) is 78.5 cm³/mol. The molecule has 120 valence electrons. The van der Waals surface area contributed by atoms with E-state index in [1.807, 2.05) is 0 Å². The highest BCUT2D eigenvalue weighted by Crippen LogP contribution is 2.21. The van der Waals surface area contributed by atoms with Crippen LogP contribution in [0.5, 0.6) is 0 Å². The molecule has 22 heavy (non-hydrogen) atoms. The highest BCUT2D eigenvalue weighted by atomic mass is 35.5. The largest absolute Gasteiger partial charge is 0.481 e. The maximum atomic E-state index is 14.0. The Hall–Kier alpha value is -1.66. The quantitative estimate of drug-likeness (QED) is 0.901. The third kappa shape index (κ3) is 4.18. The molecule has 1 saturated heterocycles. The van der Waals surface area contributed by atoms with Gasteiger partial charge in [0.1, 0.15) is 5.82 Å². The van der Waals surface area contributed by atoms with Crippen LogP contribution in [-0.2, 0) is 9.53 Å². The van der Waals surface area contributed by atoms with Gasteiger partial charge < -0.3 is 14.7 Å². The number of amides is 1. The highest BCUT2D eigenvalue weighted by Gasteiger charge is 2.28. The van der Waals surface area contributed by atoms with E-state index < -0.39 is 17.7 Å². The van der Waals surface area contributed by atoms with Gasteiger partial charge in [0.2, 0.25) is 0 Å². The number of halogens is 2. The Labute approximate surface area is 132 Å². The summed E-state index contributed by atoms with van der Waals surface area (Å²) in [5.74, 6) is -2.21. The summed E-state index contributed by atoms with van der Waals surface area (Å²) in [4.78, 5) is 24.8. The fourth-order valence-electron chi connectivity index (χ4n) is 2.48. The van der Waals surface area contributed by atoms with Gasteiger partial charge in [-0.1, -0.05) is 11.6 Å². The van der Waals surface area contributed by atoms with Gasteiger partial charge in [-0.25, -0.2) is 4.39 Å². The first-order chi connectivity index (χ1) is 10.5. The van der Waals surface area contributed by atoms with E-state index in [0.717, 1.165) is 6.07 Å². The molecule has 5 nitrogen and oxygen atoms in total. The second-order valence-electron chi connectivity index (χ2n) is 5.11. The first-order valence-corrected chi connectivity index (χ1v) is 7.42. The zero-order chi connectivity index (χ0) is 16.1. The van der Waals surface area contributed by atoms with Crippen molar-refractivity contribution in [1.82, 2.24) is 4.90 Å². The summed E-state index contributed by atoms with van der Waals surface area (Å²) in [5.41, 5.74) is -0.0960. The lowest BCUT2D eigenvalue weighted by atomic mass is 10.0. The van der Waals surface area contributed by atoms with E-state index in [-0.39, 0.29) is 29.6 Å². The van der Waals surface area contributed by atoms with E-state index >= 15 is 0 Å². The van der Waals surface area contributed by atoms with Crippen LogP contribution in [0.3, 0.4) is 0 Å². The maximum Gasteiger partial charge on any atom is 0.305 e. The predicted octanol–water partition coefficient (Wildman–Crippen LogP) is 2.58. The summed E-state index contributed by atoms with van der Waals surface area (Å²) in [6.07, 6.45) is 1.04. The summed E-state index contributed by atoms with van der Waals surface area (Å²) in [6.45, 7) is 1.05. The summed E-state index contributed by atoms with van der Waals surface area (Å²) >= 11 is 5.69. The molecular weight excluding hydrogens is 313 g/mol. The van der Waals surface area contributed by atoms with Crippen molar-refractivity contribution in [3.05, 3.63) is 34.6 Å². The molecule has 1 amide bonds. The molecule has 0 bridgehead atoms. The molecule has 7 heteroatoms. The Balaban J connectivity index is 2.21. The lowest BCUT2D eigenvalue weighted by Crippen LogP contribution is -2.44. The molecule has 1 N–H and O–H groups in total. The van der Waals surface area contributed by atoms with Gasteiger partial charge in [-0.05, 0) is 31.0 Å². The van der Waals surface area contributed by atoms with Crippen molar-refractivity contribution >= 4 is 23.5 Å². The maximum absolute atomic E-state index is 14.0. The number of hydrogen-bond donors (Lipinski definition) is 1. The smallest absolute Gasteiger partial charge is 0.305 e. The van der Waals surface area contributed by atoms with Gasteiger partial charge in [0.05, 0.1) is 12.0 Å². The molecule has 0 aliphatic carbocycles. The number of hydrogen-bond acceptors (Lipinski definition) is 3. The molecule has 1 fully saturated rings. The van der Waals surface area contributed by atoms with Crippen molar-refractivity contribution in [1.29, 1.82) is 0 Å². The van der Waals surface area contributed by atoms with Gasteiger partial charge in [-0.2, -0.15) is 0 Å². The van der Waals surface area contributed by atoms with E-state index in [1.54, 1.807) is 0 Å². The standard InChI is InChI=1S/C15H17ClFNO4/c16-10-1-2-12(13(17)9-10)15(21)18(6-3-14(19)20)11-4-7-22-8-5-11/h1-2,9,11H,3-8H2,(H,19,20). The summed E-state index contributed by atoms with van der Waals surface area (Å²) < 4.78 is 19.2. The molecule has 2 rings (SSSR count). The van der Waals surface area contributed by atoms with Crippen LogP contribution in [0.2, 0.25) is 5.02 Å². The highest BCUT2D eigenvalue weighted by molar-refractivity contribution is 6.30. The van der Waals surface area contributed by atoms with Gasteiger partial charge in [0, 0.05) is 30.8 Å². The van der Waals surface area contributed by atoms with Gasteiger partial charge in [0.15, 0.2) is 0 Å².